The summed E-state index contributed by atoms with van der Waals surface area (Å²) in [5, 5.41) is 0. The minimum absolute atomic E-state index is 0.00799. The molecule has 0 radical (unpaired) electrons. The van der Waals surface area contributed by atoms with E-state index in [4.69, 9.17) is 9.47 Å². The highest BCUT2D eigenvalue weighted by Gasteiger charge is 2.33. The molecular formula is C20H29FN2O4. The van der Waals surface area contributed by atoms with Gasteiger partial charge in [-0.1, -0.05) is 26.0 Å². The van der Waals surface area contributed by atoms with Crippen molar-refractivity contribution in [3.63, 3.8) is 0 Å². The number of amides is 2. The number of benzene rings is 1. The quantitative estimate of drug-likeness (QED) is 0.648. The van der Waals surface area contributed by atoms with Gasteiger partial charge in [-0.3, -0.25) is 9.59 Å². The van der Waals surface area contributed by atoms with Crippen LogP contribution in [0.5, 0.6) is 0 Å². The molecule has 0 aliphatic carbocycles. The van der Waals surface area contributed by atoms with Gasteiger partial charge in [-0.2, -0.15) is 0 Å². The van der Waals surface area contributed by atoms with Gasteiger partial charge in [0.25, 0.3) is 0 Å². The van der Waals surface area contributed by atoms with Crippen molar-refractivity contribution in [3.05, 3.63) is 35.6 Å². The molecule has 0 N–H and O–H groups in total. The number of halogens is 1. The first kappa shape index (κ1) is 21.3. The normalized spacial score (nSPS) is 18.1. The first-order chi connectivity index (χ1) is 12.9. The topological polar surface area (TPSA) is 59.1 Å². The van der Waals surface area contributed by atoms with Gasteiger partial charge in [0.15, 0.2) is 0 Å². The summed E-state index contributed by atoms with van der Waals surface area (Å²) in [5.41, 5.74) is 0.873. The maximum absolute atomic E-state index is 13.2. The second-order valence-electron chi connectivity index (χ2n) is 7.09. The van der Waals surface area contributed by atoms with Crippen LogP contribution in [0, 0.1) is 11.7 Å². The number of carbonyl (C=O) groups is 2. The van der Waals surface area contributed by atoms with E-state index in [1.165, 1.54) is 12.1 Å². The second kappa shape index (κ2) is 10.4. The fourth-order valence-electron chi connectivity index (χ4n) is 3.16. The lowest BCUT2D eigenvalue weighted by atomic mass is 10.0. The molecule has 7 heteroatoms. The van der Waals surface area contributed by atoms with E-state index in [1.54, 1.807) is 24.1 Å². The summed E-state index contributed by atoms with van der Waals surface area (Å²) in [7, 11) is 1.58. The van der Waals surface area contributed by atoms with E-state index in [1.807, 2.05) is 18.7 Å². The number of methoxy groups -OCH3 is 1. The van der Waals surface area contributed by atoms with Crippen LogP contribution in [0.1, 0.15) is 25.8 Å². The molecule has 0 unspecified atom stereocenters. The van der Waals surface area contributed by atoms with Crippen LogP contribution in [-0.2, 0) is 25.6 Å². The molecule has 1 aromatic carbocycles. The Balaban J connectivity index is 2.06. The third-order valence-corrected chi connectivity index (χ3v) is 4.77. The summed E-state index contributed by atoms with van der Waals surface area (Å²) in [6, 6.07) is 6.08. The van der Waals surface area contributed by atoms with Gasteiger partial charge in [-0.15, -0.1) is 0 Å². The Morgan fingerprint density at radius 2 is 1.96 bits per heavy atom. The average molecular weight is 380 g/mol. The van der Waals surface area contributed by atoms with Crippen LogP contribution in [0.3, 0.4) is 0 Å². The molecule has 1 atom stereocenters. The lowest BCUT2D eigenvalue weighted by Gasteiger charge is -2.34. The van der Waals surface area contributed by atoms with Crippen molar-refractivity contribution < 1.29 is 23.5 Å². The van der Waals surface area contributed by atoms with Gasteiger partial charge in [-0.05, 0) is 23.6 Å². The highest BCUT2D eigenvalue weighted by atomic mass is 19.1. The van der Waals surface area contributed by atoms with Crippen LogP contribution in [0.15, 0.2) is 24.3 Å². The molecule has 1 fully saturated rings. The highest BCUT2D eigenvalue weighted by molar-refractivity contribution is 5.81. The molecule has 27 heavy (non-hydrogen) atoms. The maximum atomic E-state index is 13.2. The summed E-state index contributed by atoms with van der Waals surface area (Å²) in [5.74, 6) is -0.231. The van der Waals surface area contributed by atoms with Gasteiger partial charge in [-0.25, -0.2) is 4.39 Å². The van der Waals surface area contributed by atoms with Crippen molar-refractivity contribution in [3.8, 4) is 0 Å². The molecule has 1 aromatic rings. The van der Waals surface area contributed by atoms with Gasteiger partial charge < -0.3 is 19.3 Å². The Labute approximate surface area is 160 Å². The van der Waals surface area contributed by atoms with Crippen LogP contribution in [0.4, 0.5) is 4.39 Å². The number of rotatable bonds is 8. The fraction of sp³-hybridized carbons (Fsp3) is 0.600. The second-order valence-corrected chi connectivity index (χ2v) is 7.09. The van der Waals surface area contributed by atoms with Crippen LogP contribution in [0.25, 0.3) is 0 Å². The zero-order valence-electron chi connectivity index (χ0n) is 16.3. The van der Waals surface area contributed by atoms with Crippen molar-refractivity contribution in [2.24, 2.45) is 5.92 Å². The van der Waals surface area contributed by atoms with E-state index in [0.717, 1.165) is 5.56 Å². The Kier molecular flexibility index (Phi) is 8.19. The van der Waals surface area contributed by atoms with Crippen molar-refractivity contribution in [1.29, 1.82) is 0 Å². The van der Waals surface area contributed by atoms with Crippen LogP contribution in [0.2, 0.25) is 0 Å². The Hall–Kier alpha value is -1.99. The Bertz CT molecular complexity index is 621. The lowest BCUT2D eigenvalue weighted by Crippen LogP contribution is -2.47. The predicted molar refractivity (Wildman–Crippen MR) is 99.5 cm³/mol. The van der Waals surface area contributed by atoms with Gasteiger partial charge in [0.1, 0.15) is 12.4 Å². The molecule has 2 rings (SSSR count). The number of hydrogen-bond donors (Lipinski definition) is 0. The average Bonchev–Trinajstić information content (AvgIpc) is 2.80. The van der Waals surface area contributed by atoms with Crippen molar-refractivity contribution >= 4 is 11.8 Å². The SMILES string of the molecule is COCCOCC(=O)N1CCC(=O)N(Cc2ccc(F)cc2)[C@H](C(C)C)C1. The molecule has 0 spiro atoms. The molecule has 1 saturated heterocycles. The minimum atomic E-state index is -0.299. The largest absolute Gasteiger partial charge is 0.382 e. The molecule has 1 aliphatic rings. The van der Waals surface area contributed by atoms with E-state index in [0.29, 0.717) is 32.8 Å². The van der Waals surface area contributed by atoms with Crippen molar-refractivity contribution in [2.75, 3.05) is 40.0 Å². The minimum Gasteiger partial charge on any atom is -0.382 e. The van der Waals surface area contributed by atoms with Gasteiger partial charge >= 0.3 is 0 Å². The summed E-state index contributed by atoms with van der Waals surface area (Å²) < 4.78 is 23.4. The summed E-state index contributed by atoms with van der Waals surface area (Å²) in [6.07, 6.45) is 0.272. The molecule has 0 aromatic heterocycles. The van der Waals surface area contributed by atoms with E-state index >= 15 is 0 Å². The standard InChI is InChI=1S/C20H29FN2O4/c1-15(2)18-13-22(20(25)14-27-11-10-26-3)9-8-19(24)23(18)12-16-4-6-17(21)7-5-16/h4-7,15,18H,8-14H2,1-3H3/t18-/m0/s1. The third kappa shape index (κ3) is 6.29. The monoisotopic (exact) mass is 380 g/mol. The first-order valence-electron chi connectivity index (χ1n) is 9.30. The maximum Gasteiger partial charge on any atom is 0.248 e. The Morgan fingerprint density at radius 1 is 1.26 bits per heavy atom. The van der Waals surface area contributed by atoms with E-state index in [2.05, 4.69) is 0 Å². The number of hydrogen-bond acceptors (Lipinski definition) is 4. The van der Waals surface area contributed by atoms with Gasteiger partial charge in [0.2, 0.25) is 11.8 Å². The van der Waals surface area contributed by atoms with Gasteiger partial charge in [0, 0.05) is 33.2 Å². The number of nitrogens with zero attached hydrogens (tertiary/aromatic N) is 2. The van der Waals surface area contributed by atoms with Gasteiger partial charge in [0.05, 0.1) is 19.3 Å². The fourth-order valence-corrected chi connectivity index (χ4v) is 3.16. The molecule has 0 bridgehead atoms. The third-order valence-electron chi connectivity index (χ3n) is 4.77. The molecule has 150 valence electrons. The number of ether oxygens (including phenoxy) is 2. The van der Waals surface area contributed by atoms with E-state index in [9.17, 15) is 14.0 Å². The smallest absolute Gasteiger partial charge is 0.248 e. The Morgan fingerprint density at radius 3 is 2.59 bits per heavy atom. The predicted octanol–water partition coefficient (Wildman–Crippen LogP) is 2.07. The molecule has 2 amide bonds. The van der Waals surface area contributed by atoms with E-state index in [-0.39, 0.29) is 42.6 Å². The summed E-state index contributed by atoms with van der Waals surface area (Å²) in [6.45, 7) is 6.13. The molecular weight excluding hydrogens is 351 g/mol. The van der Waals surface area contributed by atoms with Crippen molar-refractivity contribution in [1.82, 2.24) is 9.80 Å². The zero-order chi connectivity index (χ0) is 19.8. The van der Waals surface area contributed by atoms with Crippen LogP contribution >= 0.6 is 0 Å². The zero-order valence-corrected chi connectivity index (χ0v) is 16.3. The van der Waals surface area contributed by atoms with Crippen LogP contribution < -0.4 is 0 Å². The van der Waals surface area contributed by atoms with Crippen molar-refractivity contribution in [2.45, 2.75) is 32.9 Å². The highest BCUT2D eigenvalue weighted by Crippen LogP contribution is 2.21. The molecule has 1 heterocycles. The van der Waals surface area contributed by atoms with Crippen LogP contribution in [-0.4, -0.2) is 67.7 Å². The lowest BCUT2D eigenvalue weighted by molar-refractivity contribution is -0.137. The van der Waals surface area contributed by atoms with E-state index < -0.39 is 0 Å². The number of carbonyl (C=O) groups excluding carboxylic acids is 2. The summed E-state index contributed by atoms with van der Waals surface area (Å²) >= 11 is 0. The first-order valence-corrected chi connectivity index (χ1v) is 9.30. The molecule has 0 saturated carbocycles. The summed E-state index contributed by atoms with van der Waals surface area (Å²) in [4.78, 5) is 28.7. The molecule has 6 nitrogen and oxygen atoms in total. The molecule has 1 aliphatic heterocycles.